The topological polar surface area (TPSA) is 12.0 Å². The van der Waals surface area contributed by atoms with Crippen molar-refractivity contribution in [2.24, 2.45) is 5.41 Å². The smallest absolute Gasteiger partial charge is 0.00436 e. The Hall–Kier alpha value is 0.690. The average Bonchev–Trinajstić information content (AvgIpc) is 2.75. The summed E-state index contributed by atoms with van der Waals surface area (Å²) < 4.78 is 0. The molecule has 1 N–H and O–H groups in total. The monoisotopic (exact) mass is 253 g/mol. The van der Waals surface area contributed by atoms with E-state index in [0.717, 1.165) is 5.41 Å². The fraction of sp³-hybridized carbons (Fsp3) is 1.00. The lowest BCUT2D eigenvalue weighted by atomic mass is 9.95. The molecule has 0 atom stereocenters. The van der Waals surface area contributed by atoms with E-state index in [1.165, 1.54) is 38.8 Å². The van der Waals surface area contributed by atoms with Gasteiger partial charge in [0.2, 0.25) is 0 Å². The third-order valence-electron chi connectivity index (χ3n) is 2.62. The third kappa shape index (κ3) is 2.09. The van der Waals surface area contributed by atoms with Gasteiger partial charge in [0.15, 0.2) is 0 Å². The van der Waals surface area contributed by atoms with E-state index in [1.807, 2.05) is 4.93 Å². The molecular formula is C8H16IN. The molecule has 0 aromatic heterocycles. The maximum Gasteiger partial charge on any atom is -0.00436 e. The van der Waals surface area contributed by atoms with Gasteiger partial charge in [0.25, 0.3) is 0 Å². The van der Waals surface area contributed by atoms with E-state index >= 15 is 0 Å². The molecule has 0 bridgehead atoms. The molecule has 2 rings (SSSR count). The van der Waals surface area contributed by atoms with Crippen molar-refractivity contribution in [3.63, 3.8) is 0 Å². The van der Waals surface area contributed by atoms with Crippen molar-refractivity contribution in [3.05, 3.63) is 0 Å². The lowest BCUT2D eigenvalue weighted by Gasteiger charge is -2.20. The Labute approximate surface area is 77.1 Å². The maximum absolute atomic E-state index is 3.38. The predicted molar refractivity (Wildman–Crippen MR) is 53.7 cm³/mol. The first-order valence-electron chi connectivity index (χ1n) is 4.00. The van der Waals surface area contributed by atoms with Crippen LogP contribution in [0, 0.1) is 5.41 Å². The van der Waals surface area contributed by atoms with Gasteiger partial charge in [0.05, 0.1) is 0 Å². The molecule has 1 spiro atoms. The van der Waals surface area contributed by atoms with Gasteiger partial charge in [-0.3, -0.25) is 0 Å². The molecule has 0 aromatic rings. The van der Waals surface area contributed by atoms with E-state index in [1.54, 1.807) is 0 Å². The molecule has 1 heterocycles. The fourth-order valence-electron chi connectivity index (χ4n) is 1.63. The minimum atomic E-state index is 0.866. The first-order chi connectivity index (χ1) is 4.91. The molecule has 0 amide bonds. The highest BCUT2D eigenvalue weighted by Gasteiger charge is 2.42. The fourth-order valence-corrected chi connectivity index (χ4v) is 1.63. The van der Waals surface area contributed by atoms with Crippen molar-refractivity contribution in [1.82, 2.24) is 5.32 Å². The molecule has 1 saturated heterocycles. The van der Waals surface area contributed by atoms with E-state index in [0.29, 0.717) is 0 Å². The molecule has 0 aromatic carbocycles. The molecule has 1 saturated carbocycles. The number of hydrogen-bond donors (Lipinski definition) is 1. The molecule has 1 aliphatic heterocycles. The van der Waals surface area contributed by atoms with Crippen LogP contribution in [0.25, 0.3) is 0 Å². The minimum absolute atomic E-state index is 0.866. The molecule has 2 fully saturated rings. The van der Waals surface area contributed by atoms with Crippen molar-refractivity contribution in [1.29, 1.82) is 0 Å². The van der Waals surface area contributed by atoms with E-state index in [-0.39, 0.29) is 0 Å². The third-order valence-corrected chi connectivity index (χ3v) is 2.62. The number of alkyl halides is 1. The van der Waals surface area contributed by atoms with Gasteiger partial charge < -0.3 is 5.32 Å². The lowest BCUT2D eigenvalue weighted by Crippen LogP contribution is -2.28. The zero-order chi connectivity index (χ0) is 7.45. The summed E-state index contributed by atoms with van der Waals surface area (Å²) in [6.07, 6.45) is 5.95. The van der Waals surface area contributed by atoms with Crippen LogP contribution in [0.5, 0.6) is 0 Å². The number of rotatable bonds is 0. The summed E-state index contributed by atoms with van der Waals surface area (Å²) in [7, 11) is 0. The molecule has 0 unspecified atom stereocenters. The van der Waals surface area contributed by atoms with Gasteiger partial charge in [-0.2, -0.15) is 0 Å². The van der Waals surface area contributed by atoms with E-state index < -0.39 is 0 Å². The number of piperidine rings is 1. The predicted octanol–water partition coefficient (Wildman–Crippen LogP) is 2.20. The van der Waals surface area contributed by atoms with Crippen molar-refractivity contribution in [3.8, 4) is 0 Å². The summed E-state index contributed by atoms with van der Waals surface area (Å²) in [4.78, 5) is 1.97. The normalized spacial score (nSPS) is 27.0. The van der Waals surface area contributed by atoms with Gasteiger partial charge in [0, 0.05) is 0 Å². The van der Waals surface area contributed by atoms with E-state index in [2.05, 4.69) is 27.9 Å². The van der Waals surface area contributed by atoms with Crippen LogP contribution < -0.4 is 5.32 Å². The second-order valence-corrected chi connectivity index (χ2v) is 3.25. The van der Waals surface area contributed by atoms with Crippen LogP contribution in [-0.4, -0.2) is 18.0 Å². The molecule has 1 nitrogen and oxygen atoms in total. The highest BCUT2D eigenvalue weighted by molar-refractivity contribution is 14.1. The summed E-state index contributed by atoms with van der Waals surface area (Å²) in [5.41, 5.74) is 0.866. The summed E-state index contributed by atoms with van der Waals surface area (Å²) >= 11 is 2.15. The van der Waals surface area contributed by atoms with Gasteiger partial charge in [-0.1, -0.05) is 22.6 Å². The Morgan fingerprint density at radius 1 is 1.00 bits per heavy atom. The lowest BCUT2D eigenvalue weighted by molar-refractivity contribution is 0.353. The number of hydrogen-bond acceptors (Lipinski definition) is 1. The van der Waals surface area contributed by atoms with Gasteiger partial charge >= 0.3 is 0 Å². The number of halogens is 1. The molecule has 1 aliphatic carbocycles. The van der Waals surface area contributed by atoms with Crippen molar-refractivity contribution in [2.75, 3.05) is 18.0 Å². The molecule has 0 radical (unpaired) electrons. The second kappa shape index (κ2) is 3.90. The second-order valence-electron chi connectivity index (χ2n) is 3.25. The Morgan fingerprint density at radius 2 is 1.50 bits per heavy atom. The largest absolute Gasteiger partial charge is 0.317 e. The Balaban J connectivity index is 0.000000231. The van der Waals surface area contributed by atoms with Crippen molar-refractivity contribution < 1.29 is 0 Å². The van der Waals surface area contributed by atoms with Gasteiger partial charge in [-0.15, -0.1) is 0 Å². The highest BCUT2D eigenvalue weighted by atomic mass is 127. The maximum atomic E-state index is 3.38. The van der Waals surface area contributed by atoms with E-state index in [9.17, 15) is 0 Å². The zero-order valence-electron chi connectivity index (χ0n) is 6.62. The van der Waals surface area contributed by atoms with E-state index in [4.69, 9.17) is 0 Å². The van der Waals surface area contributed by atoms with Crippen LogP contribution in [-0.2, 0) is 0 Å². The highest BCUT2D eigenvalue weighted by Crippen LogP contribution is 2.52. The summed E-state index contributed by atoms with van der Waals surface area (Å²) in [5.74, 6) is 0. The minimum Gasteiger partial charge on any atom is -0.317 e. The average molecular weight is 253 g/mol. The van der Waals surface area contributed by atoms with Crippen LogP contribution in [0.4, 0.5) is 0 Å². The van der Waals surface area contributed by atoms with Crippen molar-refractivity contribution in [2.45, 2.75) is 25.7 Å². The molecule has 2 heteroatoms. The van der Waals surface area contributed by atoms with Gasteiger partial charge in [-0.05, 0) is 49.1 Å². The van der Waals surface area contributed by atoms with Crippen LogP contribution in [0.1, 0.15) is 25.7 Å². The Kier molecular flexibility index (Phi) is 3.43. The SMILES string of the molecule is C1CC2(CCN1)CC2.CI. The van der Waals surface area contributed by atoms with Crippen molar-refractivity contribution >= 4 is 22.6 Å². The zero-order valence-corrected chi connectivity index (χ0v) is 8.78. The van der Waals surface area contributed by atoms with Crippen LogP contribution in [0.15, 0.2) is 0 Å². The molecular weight excluding hydrogens is 237 g/mol. The first-order valence-corrected chi connectivity index (χ1v) is 6.16. The summed E-state index contributed by atoms with van der Waals surface area (Å²) in [5, 5.41) is 3.38. The molecule has 2 aliphatic rings. The molecule has 10 heavy (non-hydrogen) atoms. The number of nitrogens with one attached hydrogen (secondary N) is 1. The van der Waals surface area contributed by atoms with Gasteiger partial charge in [0.1, 0.15) is 0 Å². The summed E-state index contributed by atoms with van der Waals surface area (Å²) in [6.45, 7) is 2.56. The van der Waals surface area contributed by atoms with Crippen LogP contribution in [0.3, 0.4) is 0 Å². The van der Waals surface area contributed by atoms with Crippen LogP contribution >= 0.6 is 22.6 Å². The summed E-state index contributed by atoms with van der Waals surface area (Å²) in [6, 6.07) is 0. The standard InChI is InChI=1S/C7H13N.CH3I/c1-2-7(1)3-5-8-6-4-7;1-2/h8H,1-6H2;1H3. The Morgan fingerprint density at radius 3 is 1.80 bits per heavy atom. The first kappa shape index (κ1) is 8.78. The molecule has 60 valence electrons. The Bertz CT molecular complexity index is 91.4. The quantitative estimate of drug-likeness (QED) is 0.515. The van der Waals surface area contributed by atoms with Gasteiger partial charge in [-0.25, -0.2) is 0 Å². The van der Waals surface area contributed by atoms with Crippen LogP contribution in [0.2, 0.25) is 0 Å².